The number of unbranched alkanes of at least 4 members (excludes halogenated alkanes) is 43. The van der Waals surface area contributed by atoms with Crippen LogP contribution in [0.5, 0.6) is 0 Å². The Hall–Kier alpha value is -0.850. The average Bonchev–Trinajstić information content (AvgIpc) is 3.36. The summed E-state index contributed by atoms with van der Waals surface area (Å²) in [6.07, 6.45) is 50.3. The normalized spacial score (nSPS) is 19.7. The zero-order valence-corrected chi connectivity index (χ0v) is 46.2. The average molecular weight is 999 g/mol. The van der Waals surface area contributed by atoms with Gasteiger partial charge in [0.2, 0.25) is 5.91 Å². The van der Waals surface area contributed by atoms with Crippen LogP contribution < -0.4 is 5.32 Å². The Morgan fingerprint density at radius 2 is 0.743 bits per heavy atom. The van der Waals surface area contributed by atoms with E-state index in [1.807, 2.05) is 0 Å². The fraction of sp³-hybridized carbons (Fsp3) is 0.983. The fourth-order valence-corrected chi connectivity index (χ4v) is 10.4. The summed E-state index contributed by atoms with van der Waals surface area (Å²) in [7, 11) is 0. The molecular formula is C60H119NO9. The van der Waals surface area contributed by atoms with Crippen LogP contribution in [0.25, 0.3) is 0 Å². The molecule has 1 heterocycles. The Bertz CT molecular complexity index is 1080. The van der Waals surface area contributed by atoms with Gasteiger partial charge in [-0.05, 0) is 12.8 Å². The number of aliphatic hydroxyl groups is 6. The van der Waals surface area contributed by atoms with E-state index >= 15 is 0 Å². The highest BCUT2D eigenvalue weighted by Crippen LogP contribution is 2.24. The summed E-state index contributed by atoms with van der Waals surface area (Å²) in [5, 5.41) is 65.3. The maximum atomic E-state index is 13.1. The molecule has 0 saturated carbocycles. The third-order valence-corrected chi connectivity index (χ3v) is 15.3. The Morgan fingerprint density at radius 1 is 0.443 bits per heavy atom. The third-order valence-electron chi connectivity index (χ3n) is 15.3. The summed E-state index contributed by atoms with van der Waals surface area (Å²) in [6, 6.07) is -0.985. The molecule has 7 N–H and O–H groups in total. The van der Waals surface area contributed by atoms with Crippen LogP contribution >= 0.6 is 0 Å². The lowest BCUT2D eigenvalue weighted by Gasteiger charge is -2.40. The largest absolute Gasteiger partial charge is 0.394 e. The molecule has 10 nitrogen and oxygen atoms in total. The smallest absolute Gasteiger partial charge is 0.220 e. The van der Waals surface area contributed by atoms with Crippen molar-refractivity contribution in [3.05, 3.63) is 0 Å². The van der Waals surface area contributed by atoms with Gasteiger partial charge in [-0.3, -0.25) is 4.79 Å². The number of rotatable bonds is 54. The summed E-state index contributed by atoms with van der Waals surface area (Å²) in [5.74, 6) is -0.251. The van der Waals surface area contributed by atoms with E-state index in [-0.39, 0.29) is 18.9 Å². The monoisotopic (exact) mass is 998 g/mol. The molecule has 1 aliphatic heterocycles. The minimum absolute atomic E-state index is 0.251. The van der Waals surface area contributed by atoms with Crippen molar-refractivity contribution < 1.29 is 44.9 Å². The van der Waals surface area contributed by atoms with Gasteiger partial charge in [0.1, 0.15) is 30.5 Å². The predicted molar refractivity (Wildman–Crippen MR) is 292 cm³/mol. The van der Waals surface area contributed by atoms with Crippen LogP contribution in [0, 0.1) is 0 Å². The fourth-order valence-electron chi connectivity index (χ4n) is 10.4. The van der Waals surface area contributed by atoms with Crippen molar-refractivity contribution in [2.24, 2.45) is 0 Å². The molecule has 70 heavy (non-hydrogen) atoms. The lowest BCUT2D eigenvalue weighted by Crippen LogP contribution is -2.60. The Labute approximate surface area is 432 Å². The Kier molecular flexibility index (Phi) is 48.3. The van der Waals surface area contributed by atoms with E-state index in [0.717, 1.165) is 44.9 Å². The molecule has 2 unspecified atom stereocenters. The van der Waals surface area contributed by atoms with Gasteiger partial charge < -0.3 is 45.4 Å². The van der Waals surface area contributed by atoms with Crippen molar-refractivity contribution >= 4 is 5.91 Å². The van der Waals surface area contributed by atoms with E-state index in [4.69, 9.17) is 9.47 Å². The lowest BCUT2D eigenvalue weighted by atomic mass is 9.98. The first-order valence-electron chi connectivity index (χ1n) is 30.8. The molecule has 1 amide bonds. The number of carbonyl (C=O) groups excluding carboxylic acids is 1. The van der Waals surface area contributed by atoms with Crippen molar-refractivity contribution in [3.63, 3.8) is 0 Å². The van der Waals surface area contributed by atoms with Crippen molar-refractivity contribution in [3.8, 4) is 0 Å². The zero-order valence-electron chi connectivity index (χ0n) is 46.2. The third kappa shape index (κ3) is 38.7. The molecule has 1 fully saturated rings. The van der Waals surface area contributed by atoms with E-state index < -0.39 is 55.6 Å². The topological polar surface area (TPSA) is 169 Å². The molecule has 418 valence electrons. The van der Waals surface area contributed by atoms with Gasteiger partial charge in [-0.2, -0.15) is 0 Å². The Morgan fingerprint density at radius 3 is 1.06 bits per heavy atom. The number of hydrogen-bond donors (Lipinski definition) is 7. The van der Waals surface area contributed by atoms with Crippen LogP contribution in [-0.2, 0) is 14.3 Å². The van der Waals surface area contributed by atoms with Crippen molar-refractivity contribution in [1.82, 2.24) is 5.32 Å². The SMILES string of the molecule is CCCCCCCCCCCCCCCCCCCCCCCCCCCCCCCCCCCCCC(=O)N[C@@H](CO[C@@H]1O[C@H](CO)[C@@H](O)C(O)C1O)[C@H](O)[C@H](O)CCCCCCCCCCCC. The zero-order chi connectivity index (χ0) is 51.0. The van der Waals surface area contributed by atoms with Gasteiger partial charge in [0.05, 0.1) is 25.4 Å². The van der Waals surface area contributed by atoms with Crippen molar-refractivity contribution in [2.45, 2.75) is 365 Å². The van der Waals surface area contributed by atoms with Crippen LogP contribution in [0.4, 0.5) is 0 Å². The van der Waals surface area contributed by atoms with Crippen molar-refractivity contribution in [1.29, 1.82) is 0 Å². The van der Waals surface area contributed by atoms with Gasteiger partial charge in [0.15, 0.2) is 6.29 Å². The number of hydrogen-bond acceptors (Lipinski definition) is 9. The molecule has 0 bridgehead atoms. The quantitative estimate of drug-likeness (QED) is 0.0293. The molecule has 1 saturated heterocycles. The first-order chi connectivity index (χ1) is 34.3. The first kappa shape index (κ1) is 67.2. The predicted octanol–water partition coefficient (Wildman–Crippen LogP) is 14.4. The molecule has 8 atom stereocenters. The van der Waals surface area contributed by atoms with Gasteiger partial charge in [-0.1, -0.05) is 296 Å². The number of aliphatic hydroxyl groups excluding tert-OH is 6. The highest BCUT2D eigenvalue weighted by molar-refractivity contribution is 5.76. The van der Waals surface area contributed by atoms with E-state index in [1.165, 1.54) is 244 Å². The molecule has 0 spiro atoms. The highest BCUT2D eigenvalue weighted by Gasteiger charge is 2.44. The maximum absolute atomic E-state index is 13.1. The first-order valence-corrected chi connectivity index (χ1v) is 30.8. The summed E-state index contributed by atoms with van der Waals surface area (Å²) in [4.78, 5) is 13.1. The number of nitrogens with one attached hydrogen (secondary N) is 1. The van der Waals surface area contributed by atoms with Crippen LogP contribution in [0.3, 0.4) is 0 Å². The van der Waals surface area contributed by atoms with Crippen LogP contribution in [0.1, 0.15) is 316 Å². The van der Waals surface area contributed by atoms with Crippen LogP contribution in [-0.4, -0.2) is 98.7 Å². The molecule has 0 radical (unpaired) electrons. The van der Waals surface area contributed by atoms with E-state index in [1.54, 1.807) is 0 Å². The van der Waals surface area contributed by atoms with Gasteiger partial charge in [0, 0.05) is 6.42 Å². The molecular weight excluding hydrogens is 879 g/mol. The lowest BCUT2D eigenvalue weighted by molar-refractivity contribution is -0.303. The number of ether oxygens (including phenoxy) is 2. The summed E-state index contributed by atoms with van der Waals surface area (Å²) >= 11 is 0. The second kappa shape index (κ2) is 50.3. The Balaban J connectivity index is 2.05. The molecule has 0 aromatic rings. The second-order valence-electron chi connectivity index (χ2n) is 22.0. The maximum Gasteiger partial charge on any atom is 0.220 e. The standard InChI is InChI=1S/C60H119NO9/c1-3-5-7-9-11-13-15-16-17-18-19-20-21-22-23-24-25-26-27-28-29-30-31-32-33-34-35-36-37-38-39-41-43-45-47-49-55(64)61-52(51-69-60-59(68)58(67)57(66)54(50-62)70-60)56(65)53(63)48-46-44-42-40-14-12-10-8-6-4-2/h52-54,56-60,62-63,65-68H,3-51H2,1-2H3,(H,61,64)/t52-,53+,54+,56-,57+,58?,59?,60+/m0/s1. The van der Waals surface area contributed by atoms with E-state index in [2.05, 4.69) is 19.2 Å². The molecule has 1 aliphatic rings. The van der Waals surface area contributed by atoms with Crippen LogP contribution in [0.2, 0.25) is 0 Å². The number of carbonyl (C=O) groups is 1. The van der Waals surface area contributed by atoms with Gasteiger partial charge in [-0.15, -0.1) is 0 Å². The van der Waals surface area contributed by atoms with E-state index in [9.17, 15) is 35.4 Å². The second-order valence-corrected chi connectivity index (χ2v) is 22.0. The molecule has 10 heteroatoms. The van der Waals surface area contributed by atoms with Gasteiger partial charge in [0.25, 0.3) is 0 Å². The van der Waals surface area contributed by atoms with Crippen LogP contribution in [0.15, 0.2) is 0 Å². The highest BCUT2D eigenvalue weighted by atomic mass is 16.7. The molecule has 0 aromatic carbocycles. The van der Waals surface area contributed by atoms with Gasteiger partial charge >= 0.3 is 0 Å². The minimum Gasteiger partial charge on any atom is -0.394 e. The molecule has 0 aliphatic carbocycles. The van der Waals surface area contributed by atoms with E-state index in [0.29, 0.717) is 6.42 Å². The number of amides is 1. The molecule has 1 rings (SSSR count). The molecule has 0 aromatic heterocycles. The summed E-state index contributed by atoms with van der Waals surface area (Å²) in [6.45, 7) is 3.63. The summed E-state index contributed by atoms with van der Waals surface area (Å²) < 4.78 is 11.2. The van der Waals surface area contributed by atoms with Gasteiger partial charge in [-0.25, -0.2) is 0 Å². The summed E-state index contributed by atoms with van der Waals surface area (Å²) in [5.41, 5.74) is 0. The minimum atomic E-state index is -1.60. The van der Waals surface area contributed by atoms with Crippen molar-refractivity contribution in [2.75, 3.05) is 13.2 Å².